The number of aromatic nitrogens is 3. The number of benzene rings is 4. The fraction of sp³-hybridized carbons (Fsp3) is 0.256. The molecule has 0 N–H and O–H groups in total. The summed E-state index contributed by atoms with van der Waals surface area (Å²) in [5, 5.41) is 0. The van der Waals surface area contributed by atoms with Gasteiger partial charge in [-0.2, -0.15) is 0 Å². The standard InChI is InChI=1S/C39H31N5/c1-40-34-10-4-8-31(20-34)37-42-36(43-38(44-37)32-9-5-11-35(21-32)41-2)30-7-3-6-29(19-30)28-12-14-33(15-13-28)39-22-25-16-26(23-39)18-27(17-25)24-39/h3-15,19-21,25-27H,16-18,22-24H2. The summed E-state index contributed by atoms with van der Waals surface area (Å²) >= 11 is 0. The highest BCUT2D eigenvalue weighted by Crippen LogP contribution is 2.60. The number of hydrogen-bond acceptors (Lipinski definition) is 3. The molecule has 0 amide bonds. The summed E-state index contributed by atoms with van der Waals surface area (Å²) in [6.45, 7) is 14.9. The highest BCUT2D eigenvalue weighted by atomic mass is 15.0. The van der Waals surface area contributed by atoms with Gasteiger partial charge in [-0.05, 0) is 96.6 Å². The van der Waals surface area contributed by atoms with Crippen LogP contribution in [0.5, 0.6) is 0 Å². The van der Waals surface area contributed by atoms with Gasteiger partial charge < -0.3 is 0 Å². The molecule has 0 radical (unpaired) electrons. The summed E-state index contributed by atoms with van der Waals surface area (Å²) in [6, 6.07) is 32.4. The third kappa shape index (κ3) is 4.76. The van der Waals surface area contributed by atoms with E-state index in [1.807, 2.05) is 30.3 Å². The zero-order chi connectivity index (χ0) is 29.7. The first kappa shape index (κ1) is 26.5. The SMILES string of the molecule is [C-]#[N+]c1cccc(-c2nc(-c3cccc([N+]#[C-])c3)nc(-c3cccc(-c4ccc(C56CC7CC(CC(C7)C5)C6)cc4)c3)n2)c1. The maximum atomic E-state index is 7.47. The molecule has 4 saturated carbocycles. The van der Waals surface area contributed by atoms with Crippen molar-refractivity contribution in [2.45, 2.75) is 43.9 Å². The molecular formula is C39H31N5. The maximum absolute atomic E-state index is 7.47. The van der Waals surface area contributed by atoms with Gasteiger partial charge in [0.1, 0.15) is 0 Å². The lowest BCUT2D eigenvalue weighted by Gasteiger charge is -2.57. The van der Waals surface area contributed by atoms with Gasteiger partial charge in [0.05, 0.1) is 13.1 Å². The first-order valence-corrected chi connectivity index (χ1v) is 15.5. The summed E-state index contributed by atoms with van der Waals surface area (Å²) < 4.78 is 0. The van der Waals surface area contributed by atoms with E-state index < -0.39 is 0 Å². The molecule has 0 spiro atoms. The van der Waals surface area contributed by atoms with Gasteiger partial charge in [-0.25, -0.2) is 24.6 Å². The van der Waals surface area contributed by atoms with Crippen LogP contribution in [0, 0.1) is 30.9 Å². The molecule has 9 rings (SSSR count). The van der Waals surface area contributed by atoms with Crippen LogP contribution in [-0.2, 0) is 5.41 Å². The van der Waals surface area contributed by atoms with Crippen LogP contribution in [0.2, 0.25) is 0 Å². The molecule has 5 aromatic rings. The third-order valence-corrected chi connectivity index (χ3v) is 10.1. The third-order valence-electron chi connectivity index (χ3n) is 10.1. The lowest BCUT2D eigenvalue weighted by atomic mass is 9.48. The van der Waals surface area contributed by atoms with Crippen molar-refractivity contribution in [3.8, 4) is 45.3 Å². The Hall–Kier alpha value is -5.13. The average molecular weight is 570 g/mol. The second-order valence-electron chi connectivity index (χ2n) is 13.0. The molecule has 4 aliphatic rings. The van der Waals surface area contributed by atoms with Crippen molar-refractivity contribution in [3.05, 3.63) is 125 Å². The van der Waals surface area contributed by atoms with Gasteiger partial charge in [0, 0.05) is 16.7 Å². The smallest absolute Gasteiger partial charge is 0.187 e. The Labute approximate surface area is 258 Å². The quantitative estimate of drug-likeness (QED) is 0.198. The summed E-state index contributed by atoms with van der Waals surface area (Å²) in [5.74, 6) is 4.34. The molecule has 0 aliphatic heterocycles. The molecule has 0 atom stereocenters. The molecule has 0 unspecified atom stereocenters. The number of nitrogens with zero attached hydrogens (tertiary/aromatic N) is 5. The molecular weight excluding hydrogens is 538 g/mol. The Balaban J connectivity index is 1.17. The van der Waals surface area contributed by atoms with Gasteiger partial charge >= 0.3 is 0 Å². The van der Waals surface area contributed by atoms with E-state index in [1.165, 1.54) is 49.7 Å². The Morgan fingerprint density at radius 3 is 1.41 bits per heavy atom. The van der Waals surface area contributed by atoms with E-state index in [0.717, 1.165) is 40.0 Å². The zero-order valence-electron chi connectivity index (χ0n) is 24.4. The fourth-order valence-electron chi connectivity index (χ4n) is 8.51. The van der Waals surface area contributed by atoms with E-state index in [9.17, 15) is 0 Å². The van der Waals surface area contributed by atoms with Crippen LogP contribution < -0.4 is 0 Å². The number of rotatable bonds is 5. The Kier molecular flexibility index (Phi) is 6.35. The molecule has 4 aliphatic carbocycles. The summed E-state index contributed by atoms with van der Waals surface area (Å²) in [7, 11) is 0. The van der Waals surface area contributed by atoms with Crippen LogP contribution in [0.3, 0.4) is 0 Å². The van der Waals surface area contributed by atoms with Crippen LogP contribution in [0.1, 0.15) is 44.1 Å². The predicted molar refractivity (Wildman–Crippen MR) is 174 cm³/mol. The predicted octanol–water partition coefficient (Wildman–Crippen LogP) is 10.1. The second-order valence-corrected chi connectivity index (χ2v) is 13.0. The molecule has 44 heavy (non-hydrogen) atoms. The van der Waals surface area contributed by atoms with Crippen molar-refractivity contribution < 1.29 is 0 Å². The minimum Gasteiger partial charge on any atom is -0.238 e. The van der Waals surface area contributed by atoms with Crippen molar-refractivity contribution in [1.82, 2.24) is 15.0 Å². The van der Waals surface area contributed by atoms with Gasteiger partial charge in [0.2, 0.25) is 0 Å². The average Bonchev–Trinajstić information content (AvgIpc) is 3.07. The summed E-state index contributed by atoms with van der Waals surface area (Å²) in [5.41, 5.74) is 7.67. The molecule has 4 fully saturated rings. The first-order valence-electron chi connectivity index (χ1n) is 15.5. The van der Waals surface area contributed by atoms with Crippen molar-refractivity contribution in [3.63, 3.8) is 0 Å². The minimum atomic E-state index is 0.391. The van der Waals surface area contributed by atoms with E-state index in [4.69, 9.17) is 28.1 Å². The highest BCUT2D eigenvalue weighted by molar-refractivity contribution is 5.74. The molecule has 0 saturated heterocycles. The van der Waals surface area contributed by atoms with Gasteiger partial charge in [-0.3, -0.25) is 0 Å². The van der Waals surface area contributed by atoms with Crippen molar-refractivity contribution >= 4 is 11.4 Å². The Bertz CT molecular complexity index is 1870. The Morgan fingerprint density at radius 1 is 0.500 bits per heavy atom. The normalized spacial score (nSPS) is 23.2. The van der Waals surface area contributed by atoms with Crippen LogP contribution in [-0.4, -0.2) is 15.0 Å². The van der Waals surface area contributed by atoms with Crippen LogP contribution in [0.25, 0.3) is 55.0 Å². The van der Waals surface area contributed by atoms with Gasteiger partial charge in [-0.15, -0.1) is 0 Å². The van der Waals surface area contributed by atoms with Crippen molar-refractivity contribution in [1.29, 1.82) is 0 Å². The van der Waals surface area contributed by atoms with E-state index in [1.54, 1.807) is 24.3 Å². The topological polar surface area (TPSA) is 47.4 Å². The lowest BCUT2D eigenvalue weighted by molar-refractivity contribution is -0.00518. The lowest BCUT2D eigenvalue weighted by Crippen LogP contribution is -2.48. The van der Waals surface area contributed by atoms with Crippen molar-refractivity contribution in [2.75, 3.05) is 0 Å². The first-order chi connectivity index (χ1) is 21.6. The molecule has 4 aromatic carbocycles. The van der Waals surface area contributed by atoms with Gasteiger partial charge in [0.15, 0.2) is 28.8 Å². The fourth-order valence-corrected chi connectivity index (χ4v) is 8.51. The second kappa shape index (κ2) is 10.5. The molecule has 5 nitrogen and oxygen atoms in total. The van der Waals surface area contributed by atoms with E-state index in [-0.39, 0.29) is 0 Å². The number of hydrogen-bond donors (Lipinski definition) is 0. The maximum Gasteiger partial charge on any atom is 0.187 e. The zero-order valence-corrected chi connectivity index (χ0v) is 24.4. The van der Waals surface area contributed by atoms with E-state index in [0.29, 0.717) is 34.3 Å². The van der Waals surface area contributed by atoms with Crippen LogP contribution >= 0.6 is 0 Å². The summed E-state index contributed by atoms with van der Waals surface area (Å²) in [4.78, 5) is 21.7. The highest BCUT2D eigenvalue weighted by Gasteiger charge is 2.51. The molecule has 212 valence electrons. The summed E-state index contributed by atoms with van der Waals surface area (Å²) in [6.07, 6.45) is 8.49. The van der Waals surface area contributed by atoms with E-state index in [2.05, 4.69) is 52.2 Å². The molecule has 4 bridgehead atoms. The largest absolute Gasteiger partial charge is 0.238 e. The molecule has 1 heterocycles. The molecule has 5 heteroatoms. The van der Waals surface area contributed by atoms with Gasteiger partial charge in [-0.1, -0.05) is 78.9 Å². The van der Waals surface area contributed by atoms with Crippen LogP contribution in [0.15, 0.2) is 97.1 Å². The monoisotopic (exact) mass is 569 g/mol. The van der Waals surface area contributed by atoms with Gasteiger partial charge in [0.25, 0.3) is 0 Å². The van der Waals surface area contributed by atoms with E-state index >= 15 is 0 Å². The molecule has 1 aromatic heterocycles. The van der Waals surface area contributed by atoms with Crippen LogP contribution in [0.4, 0.5) is 11.4 Å². The minimum absolute atomic E-state index is 0.391. The van der Waals surface area contributed by atoms with Crippen molar-refractivity contribution in [2.24, 2.45) is 17.8 Å². The Morgan fingerprint density at radius 2 is 0.932 bits per heavy atom.